The molecule has 1 aliphatic rings. The zero-order valence-electron chi connectivity index (χ0n) is 68.6. The van der Waals surface area contributed by atoms with Gasteiger partial charge in [0.05, 0.1) is 55.3 Å². The zero-order valence-corrected chi connectivity index (χ0v) is 70.2. The summed E-state index contributed by atoms with van der Waals surface area (Å²) in [5.74, 6) is 0. The molecule has 24 aromatic rings. The van der Waals surface area contributed by atoms with Crippen molar-refractivity contribution in [3.63, 3.8) is 0 Å². The normalized spacial score (nSPS) is 13.2. The fourth-order valence-corrected chi connectivity index (χ4v) is 19.2. The molecule has 0 N–H and O–H groups in total. The summed E-state index contributed by atoms with van der Waals surface area (Å²) in [5, 5.41) is 14.3. The van der Waals surface area contributed by atoms with E-state index in [0.29, 0.717) is 0 Å². The Bertz CT molecular complexity index is 8320. The molecule has 1 aliphatic heterocycles. The highest BCUT2D eigenvalue weighted by atomic mass is 79.9. The summed E-state index contributed by atoms with van der Waals surface area (Å²) >= 11 is 3.62. The lowest BCUT2D eigenvalue weighted by Gasteiger charge is -2.32. The van der Waals surface area contributed by atoms with Crippen molar-refractivity contribution in [2.75, 3.05) is 0 Å². The van der Waals surface area contributed by atoms with Gasteiger partial charge in [-0.1, -0.05) is 283 Å². The number of hydrogen-bond donors (Lipinski definition) is 0. The minimum atomic E-state index is -0.428. The highest BCUT2D eigenvalue weighted by Crippen LogP contribution is 2.46. The van der Waals surface area contributed by atoms with Gasteiger partial charge < -0.3 is 36.4 Å². The molecule has 0 bridgehead atoms. The smallest absolute Gasteiger partial charge is 0.456 e. The van der Waals surface area contributed by atoms with Crippen molar-refractivity contribution in [1.82, 2.24) is 18.3 Å². The van der Waals surface area contributed by atoms with Crippen LogP contribution >= 0.6 is 15.9 Å². The summed E-state index contributed by atoms with van der Waals surface area (Å²) in [4.78, 5) is 0. The molecular weight excluding hydrogens is 1580 g/mol. The molecule has 0 unspecified atom stereocenters. The average Bonchev–Trinajstić information content (AvgIpc) is 1.57. The van der Waals surface area contributed by atoms with Crippen molar-refractivity contribution in [3.05, 3.63) is 417 Å². The topological polar surface area (TPSA) is 64.5 Å². The van der Waals surface area contributed by atoms with Crippen LogP contribution < -0.4 is 5.46 Å². The Morgan fingerprint density at radius 3 is 0.895 bits per heavy atom. The number of halogens is 1. The van der Waals surface area contributed by atoms with Gasteiger partial charge in [-0.2, -0.15) is 0 Å². The number of fused-ring (bicyclic) bond motifs is 18. The summed E-state index contributed by atoms with van der Waals surface area (Å²) in [6, 6.07) is 147. The Morgan fingerprint density at radius 2 is 0.492 bits per heavy atom. The van der Waals surface area contributed by atoms with Crippen molar-refractivity contribution >= 4 is 160 Å². The second-order valence-electron chi connectivity index (χ2n) is 33.5. The first-order valence-electron chi connectivity index (χ1n) is 42.4. The van der Waals surface area contributed by atoms with Crippen molar-refractivity contribution in [2.45, 2.75) is 38.9 Å². The van der Waals surface area contributed by atoms with Crippen molar-refractivity contribution in [1.29, 1.82) is 0 Å². The lowest BCUT2D eigenvalue weighted by atomic mass is 9.78. The largest absolute Gasteiger partial charge is 0.494 e. The van der Waals surface area contributed by atoms with Crippen molar-refractivity contribution in [3.8, 4) is 78.4 Å². The fourth-order valence-electron chi connectivity index (χ4n) is 18.8. The maximum Gasteiger partial charge on any atom is 0.494 e. The van der Waals surface area contributed by atoms with E-state index in [9.17, 15) is 0 Å². The van der Waals surface area contributed by atoms with Crippen molar-refractivity contribution in [2.24, 2.45) is 0 Å². The Morgan fingerprint density at radius 1 is 0.202 bits per heavy atom. The fraction of sp³-hybridized carbons (Fsp3) is 0.0526. The second kappa shape index (κ2) is 29.8. The van der Waals surface area contributed by atoms with Gasteiger partial charge in [-0.25, -0.2) is 0 Å². The number of hydrogen-bond acceptors (Lipinski definition) is 4. The van der Waals surface area contributed by atoms with E-state index in [2.05, 4.69) is 456 Å². The standard InChI is InChI=1S/C54H34N2O.C36H30BNO3.C24H16BrN/c1-3-13-35(14-4-1)37-17-11-19-41(29-37)55-49-23-9-7-21-43(49)45-31-39(25-27-50(45)55)40-26-28-51-46(32-40)47-33-48-44-22-8-10-24-53(44)57-54(48)34-52(47)56(51)42-20-12-18-38(30-42)36-15-5-2-6-16-36;1-35(2)36(3,4)41-37(40-35)25-17-18-31-28(20-25)29-21-30-27-15-8-9-16-33(27)39-34(30)22-32(29)38(31)26-14-10-13-24(19-26)23-11-6-5-7-12-23;25-19-13-14-24-22(16-19)21-11-4-5-12-23(21)26(24)20-10-6-9-18(15-20)17-7-2-1-3-8-17/h1-34H;5-22H,1-4H3;1-16H. The van der Waals surface area contributed by atoms with Gasteiger partial charge in [0.1, 0.15) is 22.3 Å². The first kappa shape index (κ1) is 74.3. The van der Waals surface area contributed by atoms with Gasteiger partial charge in [0.15, 0.2) is 0 Å². The molecule has 124 heavy (non-hydrogen) atoms. The Balaban J connectivity index is 0.000000116. The van der Waals surface area contributed by atoms with Gasteiger partial charge in [0, 0.05) is 104 Å². The highest BCUT2D eigenvalue weighted by molar-refractivity contribution is 9.10. The Labute approximate surface area is 725 Å². The van der Waals surface area contributed by atoms with E-state index in [1.54, 1.807) is 0 Å². The molecule has 8 nitrogen and oxygen atoms in total. The van der Waals surface area contributed by atoms with Gasteiger partial charge in [0.25, 0.3) is 0 Å². The van der Waals surface area contributed by atoms with Crippen LogP contribution in [0.2, 0.25) is 0 Å². The van der Waals surface area contributed by atoms with Gasteiger partial charge in [-0.3, -0.25) is 0 Å². The van der Waals surface area contributed by atoms with Gasteiger partial charge in [0.2, 0.25) is 0 Å². The SMILES string of the molecule is Brc1ccc2c(c1)c1ccccc1n2-c1cccc(-c2ccccc2)c1.CC1(C)OB(c2ccc3c(c2)c2cc4c(cc2n3-c2cccc(-c3ccccc3)c2)oc2ccccc24)OC1(C)C.c1ccc(-c2cccc(-n3c4ccccc4c4cc(-c5ccc6c(c5)c5cc7c(cc5n6-c5cccc(-c6ccccc6)c5)oc5ccccc57)ccc43)c2)cc1. The molecule has 1 fully saturated rings. The lowest BCUT2D eigenvalue weighted by Crippen LogP contribution is -2.41. The van der Waals surface area contributed by atoms with Crippen LogP contribution in [0.1, 0.15) is 27.7 Å². The lowest BCUT2D eigenvalue weighted by molar-refractivity contribution is 0.00578. The summed E-state index contributed by atoms with van der Waals surface area (Å²) < 4.78 is 36.3. The van der Waals surface area contributed by atoms with E-state index in [-0.39, 0.29) is 0 Å². The summed E-state index contributed by atoms with van der Waals surface area (Å²) in [5.41, 5.74) is 29.7. The number of aromatic nitrogens is 4. The first-order valence-corrected chi connectivity index (χ1v) is 43.1. The molecular formula is C114H80BBrN4O4. The molecule has 1 saturated heterocycles. The van der Waals surface area contributed by atoms with E-state index >= 15 is 0 Å². The summed E-state index contributed by atoms with van der Waals surface area (Å²) in [6.07, 6.45) is 0. The number of furan rings is 2. The number of para-hydroxylation sites is 4. The molecule has 0 spiro atoms. The van der Waals surface area contributed by atoms with Gasteiger partial charge in [-0.05, 0) is 222 Å². The van der Waals surface area contributed by atoms with Crippen LogP contribution in [0, 0.1) is 0 Å². The van der Waals surface area contributed by atoms with E-state index in [4.69, 9.17) is 18.1 Å². The highest BCUT2D eigenvalue weighted by Gasteiger charge is 2.52. The molecule has 0 amide bonds. The van der Waals surface area contributed by atoms with E-state index in [1.165, 1.54) is 121 Å². The van der Waals surface area contributed by atoms with Crippen LogP contribution in [0.5, 0.6) is 0 Å². The molecule has 0 saturated carbocycles. The minimum absolute atomic E-state index is 0.402. The molecule has 7 heterocycles. The van der Waals surface area contributed by atoms with E-state index < -0.39 is 18.3 Å². The predicted molar refractivity (Wildman–Crippen MR) is 522 cm³/mol. The number of rotatable bonds is 10. The molecule has 6 aromatic heterocycles. The van der Waals surface area contributed by atoms with Crippen LogP contribution in [-0.4, -0.2) is 36.6 Å². The van der Waals surface area contributed by atoms with Crippen molar-refractivity contribution < 1.29 is 18.1 Å². The maximum absolute atomic E-state index is 6.46. The Kier molecular flexibility index (Phi) is 17.9. The molecule has 590 valence electrons. The molecule has 10 heteroatoms. The first-order chi connectivity index (χ1) is 60.8. The maximum atomic E-state index is 6.46. The van der Waals surface area contributed by atoms with Gasteiger partial charge >= 0.3 is 7.12 Å². The zero-order chi connectivity index (χ0) is 82.9. The van der Waals surface area contributed by atoms with Crippen LogP contribution in [0.3, 0.4) is 0 Å². The third-order valence-corrected chi connectivity index (χ3v) is 26.1. The van der Waals surface area contributed by atoms with Crippen LogP contribution in [-0.2, 0) is 9.31 Å². The molecule has 18 aromatic carbocycles. The van der Waals surface area contributed by atoms with E-state index in [1.807, 2.05) is 18.2 Å². The van der Waals surface area contributed by atoms with Crippen LogP contribution in [0.15, 0.2) is 426 Å². The quantitative estimate of drug-likeness (QED) is 0.128. The minimum Gasteiger partial charge on any atom is -0.456 e. The van der Waals surface area contributed by atoms with E-state index in [0.717, 1.165) is 98.3 Å². The van der Waals surface area contributed by atoms with Gasteiger partial charge in [-0.15, -0.1) is 0 Å². The molecule has 0 radical (unpaired) electrons. The predicted octanol–water partition coefficient (Wildman–Crippen LogP) is 30.6. The summed E-state index contributed by atoms with van der Waals surface area (Å²) in [6.45, 7) is 8.38. The Hall–Kier alpha value is -14.8. The number of nitrogens with zero attached hydrogens (tertiary/aromatic N) is 4. The molecule has 25 rings (SSSR count). The molecule has 0 atom stereocenters. The molecule has 0 aliphatic carbocycles. The third-order valence-electron chi connectivity index (χ3n) is 25.6. The monoisotopic (exact) mass is 1660 g/mol. The number of benzene rings is 18. The van der Waals surface area contributed by atoms with Crippen LogP contribution in [0.4, 0.5) is 0 Å². The average molecular weight is 1660 g/mol. The van der Waals surface area contributed by atoms with Crippen LogP contribution in [0.25, 0.3) is 209 Å². The third kappa shape index (κ3) is 12.7. The second-order valence-corrected chi connectivity index (χ2v) is 34.4. The summed E-state index contributed by atoms with van der Waals surface area (Å²) in [7, 11) is -0.428.